The number of hydrogen-bond acceptors (Lipinski definition) is 1. The Morgan fingerprint density at radius 2 is 1.12 bits per heavy atom. The van der Waals surface area contributed by atoms with Crippen LogP contribution >= 0.6 is 46.4 Å². The summed E-state index contributed by atoms with van der Waals surface area (Å²) < 4.78 is 0. The molecule has 2 aromatic rings. The molecule has 1 aliphatic carbocycles. The average molecular weight is 426 g/mol. The third-order valence-corrected chi connectivity index (χ3v) is 5.67. The Labute approximate surface area is 173 Å². The van der Waals surface area contributed by atoms with Crippen LogP contribution in [0.15, 0.2) is 47.5 Å². The summed E-state index contributed by atoms with van der Waals surface area (Å²) in [6, 6.07) is 10.6. The van der Waals surface area contributed by atoms with Crippen molar-refractivity contribution in [2.45, 2.75) is 19.8 Å². The van der Waals surface area contributed by atoms with E-state index in [-0.39, 0.29) is 5.78 Å². The van der Waals surface area contributed by atoms with Crippen molar-refractivity contribution in [3.63, 3.8) is 0 Å². The number of carbonyl (C=O) groups excluding carboxylic acids is 1. The van der Waals surface area contributed by atoms with Crippen LogP contribution in [0.25, 0.3) is 12.2 Å². The molecule has 0 atom stereocenters. The molecule has 1 fully saturated rings. The molecule has 0 bridgehead atoms. The zero-order chi connectivity index (χ0) is 18.8. The maximum Gasteiger partial charge on any atom is 0.185 e. The Balaban J connectivity index is 2.04. The third kappa shape index (κ3) is 4.18. The van der Waals surface area contributed by atoms with E-state index in [9.17, 15) is 4.79 Å². The Bertz CT molecular complexity index is 814. The van der Waals surface area contributed by atoms with Gasteiger partial charge in [-0.3, -0.25) is 4.79 Å². The van der Waals surface area contributed by atoms with Gasteiger partial charge in [0.1, 0.15) is 0 Å². The molecule has 0 N–H and O–H groups in total. The van der Waals surface area contributed by atoms with Gasteiger partial charge in [-0.25, -0.2) is 0 Å². The van der Waals surface area contributed by atoms with Gasteiger partial charge in [-0.05, 0) is 55.2 Å². The van der Waals surface area contributed by atoms with Crippen molar-refractivity contribution in [3.8, 4) is 0 Å². The quantitative estimate of drug-likeness (QED) is 0.449. The van der Waals surface area contributed by atoms with Gasteiger partial charge in [-0.15, -0.1) is 0 Å². The van der Waals surface area contributed by atoms with Crippen LogP contribution in [0.3, 0.4) is 0 Å². The van der Waals surface area contributed by atoms with Crippen molar-refractivity contribution < 1.29 is 4.79 Å². The number of benzene rings is 2. The van der Waals surface area contributed by atoms with Gasteiger partial charge >= 0.3 is 0 Å². The first-order valence-electron chi connectivity index (χ1n) is 8.20. The van der Waals surface area contributed by atoms with Crippen LogP contribution in [0.4, 0.5) is 0 Å². The van der Waals surface area contributed by atoms with Crippen LogP contribution in [0.2, 0.25) is 20.1 Å². The first-order valence-corrected chi connectivity index (χ1v) is 9.72. The molecule has 0 aromatic heterocycles. The Morgan fingerprint density at radius 3 is 1.46 bits per heavy atom. The first kappa shape index (κ1) is 19.5. The first-order chi connectivity index (χ1) is 12.4. The lowest BCUT2D eigenvalue weighted by atomic mass is 9.81. The second-order valence-electron chi connectivity index (χ2n) is 6.45. The maximum absolute atomic E-state index is 13.0. The molecule has 1 saturated carbocycles. The van der Waals surface area contributed by atoms with Crippen molar-refractivity contribution in [3.05, 3.63) is 78.8 Å². The molecule has 26 heavy (non-hydrogen) atoms. The summed E-state index contributed by atoms with van der Waals surface area (Å²) >= 11 is 25.0. The summed E-state index contributed by atoms with van der Waals surface area (Å²) in [5.41, 5.74) is 2.72. The molecule has 0 unspecified atom stereocenters. The number of allylic oxidation sites excluding steroid dienone is 2. The second-order valence-corrected chi connectivity index (χ2v) is 8.08. The Kier molecular flexibility index (Phi) is 6.14. The topological polar surface area (TPSA) is 17.1 Å². The zero-order valence-electron chi connectivity index (χ0n) is 14.0. The van der Waals surface area contributed by atoms with E-state index in [1.54, 1.807) is 48.6 Å². The molecule has 2 aromatic carbocycles. The minimum atomic E-state index is -0.0185. The van der Waals surface area contributed by atoms with E-state index >= 15 is 0 Å². The Morgan fingerprint density at radius 1 is 0.769 bits per heavy atom. The van der Waals surface area contributed by atoms with E-state index in [1.807, 2.05) is 0 Å². The molecule has 0 spiro atoms. The van der Waals surface area contributed by atoms with Gasteiger partial charge < -0.3 is 0 Å². The van der Waals surface area contributed by atoms with Gasteiger partial charge in [-0.1, -0.05) is 65.5 Å². The van der Waals surface area contributed by atoms with E-state index in [0.29, 0.717) is 61.1 Å². The van der Waals surface area contributed by atoms with Crippen molar-refractivity contribution in [1.29, 1.82) is 0 Å². The molecule has 0 radical (unpaired) electrons. The van der Waals surface area contributed by atoms with Crippen molar-refractivity contribution in [2.24, 2.45) is 5.92 Å². The summed E-state index contributed by atoms with van der Waals surface area (Å²) in [7, 11) is 0. The SMILES string of the molecule is CC1C/C(=C\c2c(Cl)cccc2Cl)C(=O)/C(=C/c2c(Cl)cccc2Cl)C1. The van der Waals surface area contributed by atoms with Crippen molar-refractivity contribution in [1.82, 2.24) is 0 Å². The second kappa shape index (κ2) is 8.19. The highest BCUT2D eigenvalue weighted by atomic mass is 35.5. The van der Waals surface area contributed by atoms with Crippen LogP contribution < -0.4 is 0 Å². The largest absolute Gasteiger partial charge is 0.289 e. The van der Waals surface area contributed by atoms with Gasteiger partial charge in [0.2, 0.25) is 0 Å². The molecule has 134 valence electrons. The summed E-state index contributed by atoms with van der Waals surface area (Å²) in [5.74, 6) is 0.294. The van der Waals surface area contributed by atoms with Crippen LogP contribution in [0.5, 0.6) is 0 Å². The van der Waals surface area contributed by atoms with E-state index < -0.39 is 0 Å². The lowest BCUT2D eigenvalue weighted by Gasteiger charge is -2.23. The third-order valence-electron chi connectivity index (χ3n) is 4.36. The monoisotopic (exact) mass is 424 g/mol. The molecule has 5 heteroatoms. The maximum atomic E-state index is 13.0. The van der Waals surface area contributed by atoms with Gasteiger partial charge in [-0.2, -0.15) is 0 Å². The molecule has 0 amide bonds. The molecule has 0 aliphatic heterocycles. The predicted octanol–water partition coefficient (Wildman–Crippen LogP) is 7.77. The molecular formula is C21H16Cl4O. The fourth-order valence-electron chi connectivity index (χ4n) is 3.11. The molecule has 0 heterocycles. The number of ketones is 1. The fraction of sp³-hybridized carbons (Fsp3) is 0.190. The van der Waals surface area contributed by atoms with Gasteiger partial charge in [0.25, 0.3) is 0 Å². The molecule has 1 aliphatic rings. The van der Waals surface area contributed by atoms with Gasteiger partial charge in [0.05, 0.1) is 0 Å². The highest BCUT2D eigenvalue weighted by Crippen LogP contribution is 2.36. The lowest BCUT2D eigenvalue weighted by molar-refractivity contribution is -0.113. The van der Waals surface area contributed by atoms with E-state index in [4.69, 9.17) is 46.4 Å². The highest BCUT2D eigenvalue weighted by Gasteiger charge is 2.26. The number of Topliss-reactive ketones (excluding diaryl/α,β-unsaturated/α-hetero) is 1. The minimum Gasteiger partial charge on any atom is -0.289 e. The number of rotatable bonds is 2. The number of hydrogen-bond donors (Lipinski definition) is 0. The summed E-state index contributed by atoms with van der Waals surface area (Å²) in [4.78, 5) is 13.0. The lowest BCUT2D eigenvalue weighted by Crippen LogP contribution is -2.18. The standard InChI is InChI=1S/C21H16Cl4O/c1-12-8-13(10-15-17(22)4-2-5-18(15)23)21(26)14(9-12)11-16-19(24)6-3-7-20(16)25/h2-7,10-12H,8-9H2,1H3/b13-10+,14-11+. The Hall–Kier alpha value is -1.25. The minimum absolute atomic E-state index is 0.0185. The van der Waals surface area contributed by atoms with Gasteiger partial charge in [0, 0.05) is 42.4 Å². The summed E-state index contributed by atoms with van der Waals surface area (Å²) in [5, 5.41) is 2.10. The summed E-state index contributed by atoms with van der Waals surface area (Å²) in [6.07, 6.45) is 4.94. The smallest absolute Gasteiger partial charge is 0.185 e. The zero-order valence-corrected chi connectivity index (χ0v) is 17.1. The normalized spacial score (nSPS) is 20.8. The highest BCUT2D eigenvalue weighted by molar-refractivity contribution is 6.38. The molecule has 3 rings (SSSR count). The number of halogens is 4. The van der Waals surface area contributed by atoms with Crippen molar-refractivity contribution >= 4 is 64.3 Å². The molecule has 0 saturated heterocycles. The van der Waals surface area contributed by atoms with Gasteiger partial charge in [0.15, 0.2) is 5.78 Å². The fourth-order valence-corrected chi connectivity index (χ4v) is 4.12. The number of carbonyl (C=O) groups is 1. The van der Waals surface area contributed by atoms with Crippen LogP contribution in [0, 0.1) is 5.92 Å². The molecular weight excluding hydrogens is 410 g/mol. The van der Waals surface area contributed by atoms with E-state index in [1.165, 1.54) is 0 Å². The average Bonchev–Trinajstić information content (AvgIpc) is 2.58. The summed E-state index contributed by atoms with van der Waals surface area (Å²) in [6.45, 7) is 2.11. The van der Waals surface area contributed by atoms with E-state index in [2.05, 4.69) is 6.92 Å². The van der Waals surface area contributed by atoms with Crippen molar-refractivity contribution in [2.75, 3.05) is 0 Å². The van der Waals surface area contributed by atoms with Crippen LogP contribution in [-0.4, -0.2) is 5.78 Å². The van der Waals surface area contributed by atoms with E-state index in [0.717, 1.165) is 0 Å². The van der Waals surface area contributed by atoms with Crippen LogP contribution in [-0.2, 0) is 4.79 Å². The molecule has 1 nitrogen and oxygen atoms in total. The van der Waals surface area contributed by atoms with Crippen LogP contribution in [0.1, 0.15) is 30.9 Å². The predicted molar refractivity (Wildman–Crippen MR) is 112 cm³/mol.